The van der Waals surface area contributed by atoms with Gasteiger partial charge in [-0.25, -0.2) is 4.99 Å². The second-order valence-corrected chi connectivity index (χ2v) is 8.47. The molecule has 0 radical (unpaired) electrons. The number of rotatable bonds is 6. The molecule has 0 saturated heterocycles. The maximum Gasteiger partial charge on any atom is 0.257 e. The molecule has 2 aliphatic carbocycles. The minimum atomic E-state index is -0.546. The first-order valence-corrected chi connectivity index (χ1v) is 10.2. The third-order valence-electron chi connectivity index (χ3n) is 6.65. The van der Waals surface area contributed by atoms with Crippen molar-refractivity contribution >= 4 is 11.9 Å². The number of carbonyl (C=O) groups is 1. The third-order valence-corrected chi connectivity index (χ3v) is 6.65. The van der Waals surface area contributed by atoms with E-state index in [1.165, 1.54) is 70.6 Å². The summed E-state index contributed by atoms with van der Waals surface area (Å²) in [5.41, 5.74) is 5.47. The van der Waals surface area contributed by atoms with E-state index < -0.39 is 5.54 Å². The van der Waals surface area contributed by atoms with E-state index in [0.29, 0.717) is 11.9 Å². The highest BCUT2D eigenvalue weighted by Gasteiger charge is 2.47. The van der Waals surface area contributed by atoms with E-state index in [-0.39, 0.29) is 5.91 Å². The average Bonchev–Trinajstić information content (AvgIpc) is 2.81. The zero-order valence-electron chi connectivity index (χ0n) is 15.4. The van der Waals surface area contributed by atoms with E-state index in [9.17, 15) is 4.79 Å². The lowest BCUT2D eigenvalue weighted by atomic mass is 9.76. The van der Waals surface area contributed by atoms with Gasteiger partial charge in [0.05, 0.1) is 0 Å². The predicted molar refractivity (Wildman–Crippen MR) is 98.7 cm³/mol. The Labute approximate surface area is 147 Å². The molecule has 3 aliphatic rings. The minimum Gasteiger partial charge on any atom is -0.369 e. The third kappa shape index (κ3) is 3.94. The Morgan fingerprint density at radius 3 is 2.17 bits per heavy atom. The molecule has 0 spiro atoms. The van der Waals surface area contributed by atoms with Crippen LogP contribution in [0.4, 0.5) is 0 Å². The Bertz CT molecular complexity index is 464. The number of hydrogen-bond donors (Lipinski definition) is 1. The first-order valence-electron chi connectivity index (χ1n) is 10.2. The summed E-state index contributed by atoms with van der Waals surface area (Å²) in [6.45, 7) is 0. The Morgan fingerprint density at radius 2 is 1.62 bits per heavy atom. The van der Waals surface area contributed by atoms with Gasteiger partial charge in [-0.2, -0.15) is 0 Å². The number of carbonyl (C=O) groups excluding carboxylic acids is 1. The fraction of sp³-hybridized carbons (Fsp3) is 0.900. The molecule has 2 fully saturated rings. The van der Waals surface area contributed by atoms with Gasteiger partial charge in [0.15, 0.2) is 5.96 Å². The highest BCUT2D eigenvalue weighted by molar-refractivity contribution is 6.06. The van der Waals surface area contributed by atoms with Gasteiger partial charge in [-0.3, -0.25) is 9.69 Å². The largest absolute Gasteiger partial charge is 0.369 e. The van der Waals surface area contributed by atoms with Crippen molar-refractivity contribution in [1.82, 2.24) is 4.90 Å². The van der Waals surface area contributed by atoms with E-state index >= 15 is 0 Å². The van der Waals surface area contributed by atoms with Crippen LogP contribution in [-0.2, 0) is 4.79 Å². The van der Waals surface area contributed by atoms with Crippen LogP contribution in [0.1, 0.15) is 89.9 Å². The summed E-state index contributed by atoms with van der Waals surface area (Å²) >= 11 is 0. The van der Waals surface area contributed by atoms with Crippen LogP contribution in [0.2, 0.25) is 0 Å². The van der Waals surface area contributed by atoms with Crippen LogP contribution in [0, 0.1) is 11.8 Å². The second-order valence-electron chi connectivity index (χ2n) is 8.47. The van der Waals surface area contributed by atoms with Gasteiger partial charge in [-0.15, -0.1) is 0 Å². The van der Waals surface area contributed by atoms with E-state index in [1.54, 1.807) is 11.9 Å². The predicted octanol–water partition coefficient (Wildman–Crippen LogP) is 4.23. The van der Waals surface area contributed by atoms with Crippen molar-refractivity contribution in [3.8, 4) is 0 Å². The van der Waals surface area contributed by atoms with Crippen LogP contribution in [0.15, 0.2) is 4.99 Å². The summed E-state index contributed by atoms with van der Waals surface area (Å²) in [5.74, 6) is 2.10. The number of likely N-dealkylation sites (N-methyl/N-ethyl adjacent to an activating group) is 1. The second kappa shape index (κ2) is 7.88. The number of hydrogen-bond acceptors (Lipinski definition) is 3. The summed E-state index contributed by atoms with van der Waals surface area (Å²) in [7, 11) is 1.78. The molecular formula is C20H35N3O. The van der Waals surface area contributed by atoms with Crippen LogP contribution >= 0.6 is 0 Å². The van der Waals surface area contributed by atoms with Crippen LogP contribution in [-0.4, -0.2) is 29.4 Å². The van der Waals surface area contributed by atoms with Gasteiger partial charge in [0.2, 0.25) is 0 Å². The summed E-state index contributed by atoms with van der Waals surface area (Å²) in [5, 5.41) is 0. The monoisotopic (exact) mass is 333 g/mol. The number of nitrogens with zero attached hydrogens (tertiary/aromatic N) is 2. The normalized spacial score (nSPS) is 30.0. The molecule has 4 nitrogen and oxygen atoms in total. The SMILES string of the molecule is CN1C(=O)C(CCCC2CCCCC2)(CC2CCCCC2)N=C1N. The van der Waals surface area contributed by atoms with E-state index in [2.05, 4.69) is 0 Å². The quantitative estimate of drug-likeness (QED) is 0.790. The van der Waals surface area contributed by atoms with Crippen LogP contribution in [0.5, 0.6) is 0 Å². The van der Waals surface area contributed by atoms with E-state index in [0.717, 1.165) is 25.2 Å². The highest BCUT2D eigenvalue weighted by Crippen LogP contribution is 2.39. The molecule has 1 heterocycles. The summed E-state index contributed by atoms with van der Waals surface area (Å²) in [4.78, 5) is 19.2. The molecule has 2 N–H and O–H groups in total. The molecule has 1 amide bonds. The topological polar surface area (TPSA) is 58.7 Å². The molecule has 4 heteroatoms. The first-order chi connectivity index (χ1) is 11.6. The smallest absolute Gasteiger partial charge is 0.257 e. The maximum atomic E-state index is 12.9. The van der Waals surface area contributed by atoms with Crippen molar-refractivity contribution in [2.75, 3.05) is 7.05 Å². The molecule has 24 heavy (non-hydrogen) atoms. The lowest BCUT2D eigenvalue weighted by Crippen LogP contribution is -2.43. The summed E-state index contributed by atoms with van der Waals surface area (Å²) < 4.78 is 0. The zero-order chi connectivity index (χ0) is 17.0. The number of guanidine groups is 1. The van der Waals surface area contributed by atoms with E-state index in [4.69, 9.17) is 10.7 Å². The summed E-state index contributed by atoms with van der Waals surface area (Å²) in [6, 6.07) is 0. The van der Waals surface area contributed by atoms with Gasteiger partial charge < -0.3 is 5.73 Å². The van der Waals surface area contributed by atoms with Gasteiger partial charge in [-0.1, -0.05) is 77.0 Å². The molecule has 1 unspecified atom stereocenters. The fourth-order valence-corrected chi connectivity index (χ4v) is 5.18. The minimum absolute atomic E-state index is 0.147. The molecule has 0 aromatic carbocycles. The van der Waals surface area contributed by atoms with Gasteiger partial charge in [0.25, 0.3) is 5.91 Å². The van der Waals surface area contributed by atoms with Gasteiger partial charge >= 0.3 is 0 Å². The van der Waals surface area contributed by atoms with Crippen LogP contribution < -0.4 is 5.73 Å². The Kier molecular flexibility index (Phi) is 5.83. The molecule has 2 saturated carbocycles. The van der Waals surface area contributed by atoms with Gasteiger partial charge in [0.1, 0.15) is 5.54 Å². The highest BCUT2D eigenvalue weighted by atomic mass is 16.2. The molecular weight excluding hydrogens is 298 g/mol. The zero-order valence-corrected chi connectivity index (χ0v) is 15.4. The lowest BCUT2D eigenvalue weighted by molar-refractivity contribution is -0.131. The summed E-state index contributed by atoms with van der Waals surface area (Å²) in [6.07, 6.45) is 17.7. The molecule has 1 aliphatic heterocycles. The van der Waals surface area contributed by atoms with Crippen molar-refractivity contribution < 1.29 is 4.79 Å². The van der Waals surface area contributed by atoms with E-state index in [1.807, 2.05) is 0 Å². The number of nitrogens with two attached hydrogens (primary N) is 1. The van der Waals surface area contributed by atoms with Crippen molar-refractivity contribution in [2.24, 2.45) is 22.6 Å². The fourth-order valence-electron chi connectivity index (χ4n) is 5.18. The van der Waals surface area contributed by atoms with Gasteiger partial charge in [0, 0.05) is 7.05 Å². The molecule has 3 rings (SSSR count). The molecule has 1 atom stereocenters. The molecule has 0 bridgehead atoms. The van der Waals surface area contributed by atoms with Gasteiger partial charge in [-0.05, 0) is 24.7 Å². The maximum absolute atomic E-state index is 12.9. The van der Waals surface area contributed by atoms with Crippen LogP contribution in [0.25, 0.3) is 0 Å². The average molecular weight is 334 g/mol. The van der Waals surface area contributed by atoms with Crippen LogP contribution in [0.3, 0.4) is 0 Å². The first kappa shape index (κ1) is 17.8. The van der Waals surface area contributed by atoms with Crippen molar-refractivity contribution in [3.05, 3.63) is 0 Å². The number of aliphatic imine (C=N–C) groups is 1. The van der Waals surface area contributed by atoms with Crippen molar-refractivity contribution in [2.45, 2.75) is 95.4 Å². The molecule has 0 aromatic heterocycles. The Balaban J connectivity index is 1.62. The number of amides is 1. The molecule has 136 valence electrons. The Morgan fingerprint density at radius 1 is 1.04 bits per heavy atom. The van der Waals surface area contributed by atoms with Crippen molar-refractivity contribution in [1.29, 1.82) is 0 Å². The standard InChI is InChI=1S/C20H35N3O/c1-23-18(24)20(22-19(23)21,15-17-11-6-3-7-12-17)14-8-13-16-9-4-2-5-10-16/h16-17H,2-15H2,1H3,(H2,21,22). The Hall–Kier alpha value is -1.06. The lowest BCUT2D eigenvalue weighted by Gasteiger charge is -2.32. The molecule has 0 aromatic rings. The van der Waals surface area contributed by atoms with Crippen molar-refractivity contribution in [3.63, 3.8) is 0 Å².